The second-order valence-electron chi connectivity index (χ2n) is 6.09. The number of nitrogens with zero attached hydrogens (tertiary/aromatic N) is 3. The minimum atomic E-state index is -0.535. The molecule has 1 heterocycles. The van der Waals surface area contributed by atoms with Crippen LogP contribution >= 0.6 is 11.6 Å². The Kier molecular flexibility index (Phi) is 5.60. The summed E-state index contributed by atoms with van der Waals surface area (Å²) < 4.78 is 5.32. The first-order valence-corrected chi connectivity index (χ1v) is 8.71. The second-order valence-corrected chi connectivity index (χ2v) is 6.53. The molecule has 144 valence electrons. The summed E-state index contributed by atoms with van der Waals surface area (Å²) in [6.45, 7) is 3.77. The van der Waals surface area contributed by atoms with E-state index in [-0.39, 0.29) is 17.3 Å². The zero-order chi connectivity index (χ0) is 20.3. The van der Waals surface area contributed by atoms with Gasteiger partial charge in [-0.05, 0) is 49.2 Å². The van der Waals surface area contributed by atoms with Gasteiger partial charge in [0.05, 0.1) is 17.7 Å². The summed E-state index contributed by atoms with van der Waals surface area (Å²) in [5.74, 6) is 0.643. The van der Waals surface area contributed by atoms with E-state index in [9.17, 15) is 10.1 Å². The maximum absolute atomic E-state index is 11.8. The Morgan fingerprint density at radius 1 is 1.04 bits per heavy atom. The predicted molar refractivity (Wildman–Crippen MR) is 109 cm³/mol. The van der Waals surface area contributed by atoms with Crippen molar-refractivity contribution in [2.24, 2.45) is 0 Å². The number of anilines is 4. The monoisotopic (exact) mass is 399 g/mol. The first kappa shape index (κ1) is 19.4. The summed E-state index contributed by atoms with van der Waals surface area (Å²) in [6.07, 6.45) is 1.25. The number of ether oxygens (including phenoxy) is 1. The van der Waals surface area contributed by atoms with Gasteiger partial charge in [-0.15, -0.1) is 0 Å². The summed E-state index contributed by atoms with van der Waals surface area (Å²) in [4.78, 5) is 19.4. The van der Waals surface area contributed by atoms with E-state index in [1.54, 1.807) is 18.2 Å². The van der Waals surface area contributed by atoms with E-state index in [2.05, 4.69) is 20.6 Å². The molecule has 3 aromatic rings. The number of benzene rings is 2. The van der Waals surface area contributed by atoms with E-state index in [4.69, 9.17) is 16.3 Å². The zero-order valence-electron chi connectivity index (χ0n) is 15.5. The van der Waals surface area contributed by atoms with Crippen LogP contribution in [-0.2, 0) is 0 Å². The van der Waals surface area contributed by atoms with E-state index >= 15 is 0 Å². The Morgan fingerprint density at radius 3 is 2.36 bits per heavy atom. The van der Waals surface area contributed by atoms with Gasteiger partial charge in [0.25, 0.3) is 0 Å². The summed E-state index contributed by atoms with van der Waals surface area (Å²) >= 11 is 6.04. The van der Waals surface area contributed by atoms with E-state index in [0.29, 0.717) is 22.1 Å². The number of aromatic nitrogens is 2. The van der Waals surface area contributed by atoms with Crippen LogP contribution in [0.5, 0.6) is 5.75 Å². The molecule has 0 amide bonds. The highest BCUT2D eigenvalue weighted by Gasteiger charge is 2.24. The lowest BCUT2D eigenvalue weighted by Crippen LogP contribution is -2.06. The number of hydrogen-bond donors (Lipinski definition) is 2. The van der Waals surface area contributed by atoms with E-state index in [1.165, 1.54) is 13.4 Å². The normalized spacial score (nSPS) is 10.4. The number of halogens is 1. The maximum atomic E-state index is 11.8. The first-order chi connectivity index (χ1) is 13.4. The molecule has 0 radical (unpaired) electrons. The van der Waals surface area contributed by atoms with Gasteiger partial charge in [0.15, 0.2) is 0 Å². The lowest BCUT2D eigenvalue weighted by molar-refractivity contribution is -0.383. The summed E-state index contributed by atoms with van der Waals surface area (Å²) in [5, 5.41) is 18.3. The molecule has 0 saturated heterocycles. The van der Waals surface area contributed by atoms with E-state index in [1.807, 2.05) is 32.0 Å². The molecule has 3 rings (SSSR count). The van der Waals surface area contributed by atoms with Crippen LogP contribution in [0.2, 0.25) is 5.02 Å². The average Bonchev–Trinajstić information content (AvgIpc) is 2.65. The SMILES string of the molecule is COc1ccc(C)cc1Nc1ncnc(Nc2cc(Cl)ccc2C)c1[N+](=O)[O-]. The number of nitrogens with one attached hydrogen (secondary N) is 2. The molecule has 0 aliphatic heterocycles. The van der Waals surface area contributed by atoms with Gasteiger partial charge in [-0.2, -0.15) is 0 Å². The molecule has 0 unspecified atom stereocenters. The van der Waals surface area contributed by atoms with Gasteiger partial charge < -0.3 is 15.4 Å². The number of methoxy groups -OCH3 is 1. The first-order valence-electron chi connectivity index (χ1n) is 8.33. The molecular weight excluding hydrogens is 382 g/mol. The molecule has 8 nitrogen and oxygen atoms in total. The van der Waals surface area contributed by atoms with Gasteiger partial charge in [-0.25, -0.2) is 9.97 Å². The number of nitro groups is 1. The molecule has 0 aliphatic carbocycles. The molecule has 0 saturated carbocycles. The second kappa shape index (κ2) is 8.10. The van der Waals surface area contributed by atoms with Crippen molar-refractivity contribution >= 4 is 40.3 Å². The smallest absolute Gasteiger partial charge is 0.353 e. The molecule has 0 aliphatic rings. The lowest BCUT2D eigenvalue weighted by Gasteiger charge is -2.14. The van der Waals surface area contributed by atoms with Crippen molar-refractivity contribution in [1.82, 2.24) is 9.97 Å². The van der Waals surface area contributed by atoms with Crippen molar-refractivity contribution in [2.45, 2.75) is 13.8 Å². The number of rotatable bonds is 6. The highest BCUT2D eigenvalue weighted by atomic mass is 35.5. The topological polar surface area (TPSA) is 102 Å². The Bertz CT molecular complexity index is 1040. The maximum Gasteiger partial charge on any atom is 0.353 e. The van der Waals surface area contributed by atoms with Crippen LogP contribution in [0.25, 0.3) is 0 Å². The van der Waals surface area contributed by atoms with Gasteiger partial charge >= 0.3 is 5.69 Å². The third kappa shape index (κ3) is 4.12. The molecule has 1 aromatic heterocycles. The van der Waals surface area contributed by atoms with Crippen LogP contribution in [0.3, 0.4) is 0 Å². The Hall–Kier alpha value is -3.39. The minimum absolute atomic E-state index is 0.0473. The number of hydrogen-bond acceptors (Lipinski definition) is 7. The van der Waals surface area contributed by atoms with Crippen LogP contribution in [0, 0.1) is 24.0 Å². The van der Waals surface area contributed by atoms with Crippen molar-refractivity contribution in [3.05, 3.63) is 69.0 Å². The van der Waals surface area contributed by atoms with E-state index in [0.717, 1.165) is 11.1 Å². The minimum Gasteiger partial charge on any atom is -0.495 e. The van der Waals surface area contributed by atoms with Gasteiger partial charge in [0, 0.05) is 10.7 Å². The van der Waals surface area contributed by atoms with Gasteiger partial charge in [-0.1, -0.05) is 23.7 Å². The fraction of sp³-hybridized carbons (Fsp3) is 0.158. The lowest BCUT2D eigenvalue weighted by atomic mass is 10.2. The summed E-state index contributed by atoms with van der Waals surface area (Å²) in [5.41, 5.74) is 2.73. The molecule has 28 heavy (non-hydrogen) atoms. The van der Waals surface area contributed by atoms with Gasteiger partial charge in [0.1, 0.15) is 12.1 Å². The van der Waals surface area contributed by atoms with Crippen molar-refractivity contribution < 1.29 is 9.66 Å². The Labute approximate surface area is 166 Å². The third-order valence-electron chi connectivity index (χ3n) is 4.07. The fourth-order valence-electron chi connectivity index (χ4n) is 2.64. The average molecular weight is 400 g/mol. The third-order valence-corrected chi connectivity index (χ3v) is 4.30. The molecule has 9 heteroatoms. The van der Waals surface area contributed by atoms with Crippen LogP contribution in [0.1, 0.15) is 11.1 Å². The van der Waals surface area contributed by atoms with E-state index < -0.39 is 4.92 Å². The molecule has 0 bridgehead atoms. The highest BCUT2D eigenvalue weighted by Crippen LogP contribution is 2.36. The number of aryl methyl sites for hydroxylation is 2. The van der Waals surface area contributed by atoms with Crippen LogP contribution in [0.15, 0.2) is 42.7 Å². The molecule has 0 fully saturated rings. The summed E-state index contributed by atoms with van der Waals surface area (Å²) in [6, 6.07) is 10.7. The fourth-order valence-corrected chi connectivity index (χ4v) is 2.81. The van der Waals surface area contributed by atoms with Crippen LogP contribution in [-0.4, -0.2) is 22.0 Å². The summed E-state index contributed by atoms with van der Waals surface area (Å²) in [7, 11) is 1.53. The molecule has 2 N–H and O–H groups in total. The standard InChI is InChI=1S/C19H18ClN5O3/c1-11-4-7-16(28-3)15(8-11)24-19-17(25(26)27)18(21-10-22-19)23-14-9-13(20)6-5-12(14)2/h4-10H,1-3H3,(H2,21,22,23,24). The molecule has 0 spiro atoms. The van der Waals surface area contributed by atoms with Crippen molar-refractivity contribution in [1.29, 1.82) is 0 Å². The zero-order valence-corrected chi connectivity index (χ0v) is 16.2. The highest BCUT2D eigenvalue weighted by molar-refractivity contribution is 6.30. The van der Waals surface area contributed by atoms with Crippen molar-refractivity contribution in [2.75, 3.05) is 17.7 Å². The van der Waals surface area contributed by atoms with Gasteiger partial charge in [-0.3, -0.25) is 10.1 Å². The van der Waals surface area contributed by atoms with Gasteiger partial charge in [0.2, 0.25) is 11.6 Å². The Balaban J connectivity index is 2.04. The van der Waals surface area contributed by atoms with Crippen molar-refractivity contribution in [3.8, 4) is 5.75 Å². The molecule has 0 atom stereocenters. The Morgan fingerprint density at radius 2 is 1.71 bits per heavy atom. The molecular formula is C19H18ClN5O3. The predicted octanol–water partition coefficient (Wildman–Crippen LogP) is 5.15. The van der Waals surface area contributed by atoms with Crippen molar-refractivity contribution in [3.63, 3.8) is 0 Å². The molecule has 2 aromatic carbocycles. The van der Waals surface area contributed by atoms with Crippen LogP contribution in [0.4, 0.5) is 28.7 Å². The largest absolute Gasteiger partial charge is 0.495 e. The van der Waals surface area contributed by atoms with Crippen LogP contribution < -0.4 is 15.4 Å². The quantitative estimate of drug-likeness (QED) is 0.436.